The van der Waals surface area contributed by atoms with Gasteiger partial charge in [0.15, 0.2) is 0 Å². The fourth-order valence-corrected chi connectivity index (χ4v) is 6.42. The molecule has 0 atom stereocenters. The number of hydrogen-bond donors (Lipinski definition) is 0. The molecule has 0 fully saturated rings. The SMILES string of the molecule is CC(C)Cc1cc(-c2cccc(C(C)(C)C)c2)nc[c]1[Ge]([CH3])([CH3])[CH3]. The first-order valence-corrected chi connectivity index (χ1v) is 16.4. The summed E-state index contributed by atoms with van der Waals surface area (Å²) >= 11 is -1.90. The minimum atomic E-state index is -1.90. The molecule has 0 aliphatic carbocycles. The summed E-state index contributed by atoms with van der Waals surface area (Å²) in [6.07, 6.45) is 3.32. The van der Waals surface area contributed by atoms with Crippen LogP contribution in [0.4, 0.5) is 0 Å². The fourth-order valence-electron chi connectivity index (χ4n) is 3.08. The van der Waals surface area contributed by atoms with Crippen LogP contribution in [-0.2, 0) is 11.8 Å². The van der Waals surface area contributed by atoms with Crippen molar-refractivity contribution in [3.63, 3.8) is 0 Å². The van der Waals surface area contributed by atoms with E-state index >= 15 is 0 Å². The summed E-state index contributed by atoms with van der Waals surface area (Å²) in [7, 11) is 0. The van der Waals surface area contributed by atoms with Crippen LogP contribution in [0.2, 0.25) is 17.3 Å². The van der Waals surface area contributed by atoms with Crippen molar-refractivity contribution < 1.29 is 0 Å². The topological polar surface area (TPSA) is 12.9 Å². The van der Waals surface area contributed by atoms with E-state index in [1.807, 2.05) is 0 Å². The number of rotatable bonds is 4. The molecule has 0 radical (unpaired) electrons. The molecule has 2 rings (SSSR count). The third-order valence-electron chi connectivity index (χ3n) is 4.45. The second kappa shape index (κ2) is 7.03. The first kappa shape index (κ1) is 19.2. The Morgan fingerprint density at radius 2 is 1.71 bits per heavy atom. The Bertz CT molecular complexity index is 703. The molecule has 1 heterocycles. The molecule has 0 N–H and O–H groups in total. The van der Waals surface area contributed by atoms with Gasteiger partial charge in [0, 0.05) is 0 Å². The zero-order chi connectivity index (χ0) is 18.1. The second-order valence-electron chi connectivity index (χ2n) is 9.41. The van der Waals surface area contributed by atoms with Gasteiger partial charge in [-0.2, -0.15) is 0 Å². The van der Waals surface area contributed by atoms with E-state index in [9.17, 15) is 0 Å². The van der Waals surface area contributed by atoms with Crippen LogP contribution in [0.1, 0.15) is 45.7 Å². The van der Waals surface area contributed by atoms with Gasteiger partial charge >= 0.3 is 151 Å². The Hall–Kier alpha value is -1.09. The van der Waals surface area contributed by atoms with Crippen molar-refractivity contribution in [1.29, 1.82) is 0 Å². The third-order valence-corrected chi connectivity index (χ3v) is 8.79. The van der Waals surface area contributed by atoms with E-state index in [2.05, 4.69) is 88.4 Å². The van der Waals surface area contributed by atoms with Gasteiger partial charge in [0.2, 0.25) is 0 Å². The van der Waals surface area contributed by atoms with Crippen molar-refractivity contribution in [2.45, 2.75) is 63.7 Å². The van der Waals surface area contributed by atoms with Crippen LogP contribution >= 0.6 is 0 Å². The van der Waals surface area contributed by atoms with E-state index in [4.69, 9.17) is 4.98 Å². The molecule has 1 aromatic heterocycles. The van der Waals surface area contributed by atoms with E-state index in [-0.39, 0.29) is 5.41 Å². The summed E-state index contributed by atoms with van der Waals surface area (Å²) in [5, 5.41) is 0. The van der Waals surface area contributed by atoms with Gasteiger partial charge in [0.1, 0.15) is 0 Å². The normalized spacial score (nSPS) is 12.7. The molecule has 0 aliphatic heterocycles. The molecule has 0 amide bonds. The van der Waals surface area contributed by atoms with Crippen molar-refractivity contribution in [1.82, 2.24) is 4.98 Å². The maximum atomic E-state index is 4.85. The van der Waals surface area contributed by atoms with Crippen LogP contribution in [-0.4, -0.2) is 18.3 Å². The van der Waals surface area contributed by atoms with Gasteiger partial charge < -0.3 is 0 Å². The van der Waals surface area contributed by atoms with Crippen LogP contribution in [0.25, 0.3) is 11.3 Å². The molecule has 0 saturated heterocycles. The van der Waals surface area contributed by atoms with Crippen molar-refractivity contribution in [3.8, 4) is 11.3 Å². The molecule has 0 saturated carbocycles. The van der Waals surface area contributed by atoms with Gasteiger partial charge in [0.05, 0.1) is 0 Å². The first-order chi connectivity index (χ1) is 11.0. The predicted molar refractivity (Wildman–Crippen MR) is 110 cm³/mol. The minimum absolute atomic E-state index is 0.164. The molecule has 0 unspecified atom stereocenters. The standard InChI is InChI=1S/C22H33GeN/c1-16(2)12-18-14-21(24-15-20(18)23(6,7)8)17-10-9-11-19(13-17)22(3,4)5/h9-11,13-16H,12H2,1-8H3. The maximum absolute atomic E-state index is 4.85. The first-order valence-electron chi connectivity index (χ1n) is 9.09. The molecule has 0 spiro atoms. The molecule has 24 heavy (non-hydrogen) atoms. The monoisotopic (exact) mass is 385 g/mol. The third kappa shape index (κ3) is 4.72. The van der Waals surface area contributed by atoms with Crippen LogP contribution in [0.15, 0.2) is 36.5 Å². The van der Waals surface area contributed by atoms with E-state index in [0.29, 0.717) is 5.92 Å². The Balaban J connectivity index is 2.52. The number of hydrogen-bond acceptors (Lipinski definition) is 1. The molecular formula is C22H33GeN. The Kier molecular flexibility index (Phi) is 5.64. The molecule has 1 nitrogen and oxygen atoms in total. The summed E-state index contributed by atoms with van der Waals surface area (Å²) in [5.41, 5.74) is 5.40. The summed E-state index contributed by atoms with van der Waals surface area (Å²) < 4.78 is 1.56. The van der Waals surface area contributed by atoms with Crippen LogP contribution in [0, 0.1) is 5.92 Å². The summed E-state index contributed by atoms with van der Waals surface area (Å²) in [6.45, 7) is 11.4. The number of aromatic nitrogens is 1. The van der Waals surface area contributed by atoms with Gasteiger partial charge in [-0.15, -0.1) is 0 Å². The summed E-state index contributed by atoms with van der Waals surface area (Å²) in [5.74, 6) is 8.05. The zero-order valence-electron chi connectivity index (χ0n) is 16.7. The van der Waals surface area contributed by atoms with Crippen molar-refractivity contribution in [2.24, 2.45) is 5.92 Å². The van der Waals surface area contributed by atoms with Crippen molar-refractivity contribution in [2.75, 3.05) is 0 Å². The Morgan fingerprint density at radius 3 is 2.25 bits per heavy atom. The van der Waals surface area contributed by atoms with Crippen molar-refractivity contribution >= 4 is 17.7 Å². The molecule has 1 aromatic carbocycles. The van der Waals surface area contributed by atoms with E-state index in [0.717, 1.165) is 12.1 Å². The molecule has 0 aliphatic rings. The van der Waals surface area contributed by atoms with E-state index in [1.165, 1.54) is 16.7 Å². The number of pyridine rings is 1. The van der Waals surface area contributed by atoms with Crippen LogP contribution in [0.5, 0.6) is 0 Å². The van der Waals surface area contributed by atoms with Gasteiger partial charge in [-0.25, -0.2) is 0 Å². The van der Waals surface area contributed by atoms with Gasteiger partial charge in [-0.05, 0) is 0 Å². The Morgan fingerprint density at radius 1 is 1.04 bits per heavy atom. The fraction of sp³-hybridized carbons (Fsp3) is 0.500. The molecular weight excluding hydrogens is 351 g/mol. The zero-order valence-corrected chi connectivity index (χ0v) is 18.8. The van der Waals surface area contributed by atoms with Gasteiger partial charge in [0.25, 0.3) is 0 Å². The van der Waals surface area contributed by atoms with Crippen LogP contribution in [0.3, 0.4) is 0 Å². The molecule has 0 bridgehead atoms. The summed E-state index contributed by atoms with van der Waals surface area (Å²) in [6, 6.07) is 11.2. The quantitative estimate of drug-likeness (QED) is 0.609. The second-order valence-corrected chi connectivity index (χ2v) is 20.0. The van der Waals surface area contributed by atoms with Crippen molar-refractivity contribution in [3.05, 3.63) is 47.7 Å². The van der Waals surface area contributed by atoms with Crippen LogP contribution < -0.4 is 4.40 Å². The predicted octanol–water partition coefficient (Wildman–Crippen LogP) is 5.79. The molecule has 2 aromatic rings. The average Bonchev–Trinajstić information content (AvgIpc) is 2.44. The Labute approximate surface area is 151 Å². The number of nitrogens with zero attached hydrogens (tertiary/aromatic N) is 1. The summed E-state index contributed by atoms with van der Waals surface area (Å²) in [4.78, 5) is 4.85. The van der Waals surface area contributed by atoms with E-state index < -0.39 is 13.3 Å². The molecule has 130 valence electrons. The number of benzene rings is 1. The van der Waals surface area contributed by atoms with E-state index in [1.54, 1.807) is 4.40 Å². The van der Waals surface area contributed by atoms with Gasteiger partial charge in [-0.1, -0.05) is 0 Å². The van der Waals surface area contributed by atoms with Gasteiger partial charge in [-0.3, -0.25) is 0 Å². The molecule has 2 heteroatoms. The average molecular weight is 384 g/mol.